The second-order valence-corrected chi connectivity index (χ2v) is 9.48. The lowest BCUT2D eigenvalue weighted by Gasteiger charge is -2.23. The molecular weight excluding hydrogens is 332 g/mol. The maximum atomic E-state index is 11.6. The Kier molecular flexibility index (Phi) is 14.6. The van der Waals surface area contributed by atoms with Crippen molar-refractivity contribution in [2.75, 3.05) is 6.26 Å². The Bertz CT molecular complexity index is 417. The summed E-state index contributed by atoms with van der Waals surface area (Å²) in [5, 5.41) is 0. The Morgan fingerprint density at radius 1 is 0.920 bits per heavy atom. The van der Waals surface area contributed by atoms with Gasteiger partial charge in [-0.3, -0.25) is 4.18 Å². The van der Waals surface area contributed by atoms with Crippen molar-refractivity contribution in [2.24, 2.45) is 11.8 Å². The van der Waals surface area contributed by atoms with Gasteiger partial charge in [-0.1, -0.05) is 78.2 Å². The number of allylic oxidation sites excluding steroid dienone is 1. The summed E-state index contributed by atoms with van der Waals surface area (Å²) in [6, 6.07) is 0. The summed E-state index contributed by atoms with van der Waals surface area (Å²) in [7, 11) is -3.38. The molecular formula is C21H42O3S. The SMILES string of the molecule is C=CCCCCCCC[C@H](C)C[C@H](C[C@H](C)CCCC)OS(C)(=O)=O. The van der Waals surface area contributed by atoms with E-state index in [4.69, 9.17) is 4.18 Å². The summed E-state index contributed by atoms with van der Waals surface area (Å²) in [5.41, 5.74) is 0. The fraction of sp³-hybridized carbons (Fsp3) is 0.905. The smallest absolute Gasteiger partial charge is 0.264 e. The molecule has 0 saturated heterocycles. The van der Waals surface area contributed by atoms with Gasteiger partial charge < -0.3 is 0 Å². The van der Waals surface area contributed by atoms with Crippen molar-refractivity contribution < 1.29 is 12.6 Å². The molecule has 0 bridgehead atoms. The Hall–Kier alpha value is -0.350. The van der Waals surface area contributed by atoms with E-state index in [0.29, 0.717) is 11.8 Å². The van der Waals surface area contributed by atoms with E-state index in [1.807, 2.05) is 6.08 Å². The molecule has 0 amide bonds. The average Bonchev–Trinajstić information content (AvgIpc) is 2.50. The van der Waals surface area contributed by atoms with Crippen LogP contribution in [0.15, 0.2) is 12.7 Å². The van der Waals surface area contributed by atoms with Crippen LogP contribution in [-0.2, 0) is 14.3 Å². The molecule has 3 nitrogen and oxygen atoms in total. The van der Waals surface area contributed by atoms with Crippen LogP contribution in [0.2, 0.25) is 0 Å². The third kappa shape index (κ3) is 16.8. The van der Waals surface area contributed by atoms with E-state index in [1.165, 1.54) is 51.2 Å². The molecule has 0 N–H and O–H groups in total. The van der Waals surface area contributed by atoms with Gasteiger partial charge in [0, 0.05) is 0 Å². The van der Waals surface area contributed by atoms with E-state index >= 15 is 0 Å². The molecule has 0 aliphatic heterocycles. The summed E-state index contributed by atoms with van der Waals surface area (Å²) in [5.74, 6) is 1.03. The van der Waals surface area contributed by atoms with Crippen LogP contribution in [0.3, 0.4) is 0 Å². The number of hydrogen-bond acceptors (Lipinski definition) is 3. The maximum Gasteiger partial charge on any atom is 0.264 e. The standard InChI is InChI=1S/C21H42O3S/c1-6-8-10-11-12-13-14-16-20(4)18-21(24-25(5,22)23)17-19(3)15-9-7-2/h6,19-21H,1,7-18H2,2-5H3/t19-,20+,21+/m1/s1. The highest BCUT2D eigenvalue weighted by Gasteiger charge is 2.21. The molecule has 0 spiro atoms. The van der Waals surface area contributed by atoms with Gasteiger partial charge in [-0.15, -0.1) is 6.58 Å². The van der Waals surface area contributed by atoms with Crippen molar-refractivity contribution in [3.63, 3.8) is 0 Å². The summed E-state index contributed by atoms with van der Waals surface area (Å²) < 4.78 is 28.5. The quantitative estimate of drug-likeness (QED) is 0.166. The summed E-state index contributed by atoms with van der Waals surface area (Å²) >= 11 is 0. The van der Waals surface area contributed by atoms with Crippen LogP contribution in [0.5, 0.6) is 0 Å². The van der Waals surface area contributed by atoms with E-state index in [2.05, 4.69) is 27.4 Å². The summed E-state index contributed by atoms with van der Waals surface area (Å²) in [4.78, 5) is 0. The molecule has 0 aliphatic carbocycles. The zero-order valence-corrected chi connectivity index (χ0v) is 18.0. The Labute approximate surface area is 157 Å². The zero-order chi connectivity index (χ0) is 19.1. The van der Waals surface area contributed by atoms with Crippen LogP contribution >= 0.6 is 0 Å². The number of unbranched alkanes of at least 4 members (excludes halogenated alkanes) is 6. The van der Waals surface area contributed by atoms with E-state index in [0.717, 1.165) is 32.1 Å². The monoisotopic (exact) mass is 374 g/mol. The highest BCUT2D eigenvalue weighted by molar-refractivity contribution is 7.86. The lowest BCUT2D eigenvalue weighted by Crippen LogP contribution is -2.23. The van der Waals surface area contributed by atoms with Crippen LogP contribution in [0, 0.1) is 11.8 Å². The van der Waals surface area contributed by atoms with Crippen molar-refractivity contribution in [1.82, 2.24) is 0 Å². The Morgan fingerprint density at radius 2 is 1.44 bits per heavy atom. The molecule has 4 heteroatoms. The van der Waals surface area contributed by atoms with Crippen LogP contribution < -0.4 is 0 Å². The first-order chi connectivity index (χ1) is 11.8. The van der Waals surface area contributed by atoms with Gasteiger partial charge >= 0.3 is 0 Å². The van der Waals surface area contributed by atoms with Crippen LogP contribution in [-0.4, -0.2) is 20.8 Å². The van der Waals surface area contributed by atoms with Crippen molar-refractivity contribution in [3.8, 4) is 0 Å². The molecule has 0 aromatic rings. The predicted octanol–water partition coefficient (Wildman–Crippen LogP) is 6.49. The first-order valence-corrected chi connectivity index (χ1v) is 12.1. The first kappa shape index (κ1) is 24.7. The fourth-order valence-corrected chi connectivity index (χ4v) is 4.07. The third-order valence-corrected chi connectivity index (χ3v) is 5.42. The maximum absolute atomic E-state index is 11.6. The minimum Gasteiger partial charge on any atom is -0.267 e. The van der Waals surface area contributed by atoms with E-state index < -0.39 is 10.1 Å². The van der Waals surface area contributed by atoms with Gasteiger partial charge in [-0.25, -0.2) is 0 Å². The molecule has 0 rings (SSSR count). The van der Waals surface area contributed by atoms with Gasteiger partial charge in [0.2, 0.25) is 0 Å². The van der Waals surface area contributed by atoms with Crippen LogP contribution in [0.25, 0.3) is 0 Å². The summed E-state index contributed by atoms with van der Waals surface area (Å²) in [6.07, 6.45) is 16.8. The number of rotatable bonds is 17. The largest absolute Gasteiger partial charge is 0.267 e. The van der Waals surface area contributed by atoms with Crippen molar-refractivity contribution in [1.29, 1.82) is 0 Å². The second-order valence-electron chi connectivity index (χ2n) is 7.88. The van der Waals surface area contributed by atoms with Crippen molar-refractivity contribution in [3.05, 3.63) is 12.7 Å². The normalized spacial score (nSPS) is 15.7. The van der Waals surface area contributed by atoms with E-state index in [1.54, 1.807) is 0 Å². The minimum absolute atomic E-state index is 0.163. The van der Waals surface area contributed by atoms with Gasteiger partial charge in [-0.05, 0) is 37.5 Å². The molecule has 0 fully saturated rings. The average molecular weight is 375 g/mol. The summed E-state index contributed by atoms with van der Waals surface area (Å²) in [6.45, 7) is 10.4. The molecule has 0 heterocycles. The van der Waals surface area contributed by atoms with E-state index in [9.17, 15) is 8.42 Å². The molecule has 150 valence electrons. The van der Waals surface area contributed by atoms with Crippen LogP contribution in [0.1, 0.15) is 97.8 Å². The van der Waals surface area contributed by atoms with Gasteiger partial charge in [-0.2, -0.15) is 8.42 Å². The number of hydrogen-bond donors (Lipinski definition) is 0. The lowest BCUT2D eigenvalue weighted by molar-refractivity contribution is 0.146. The van der Waals surface area contributed by atoms with Crippen LogP contribution in [0.4, 0.5) is 0 Å². The minimum atomic E-state index is -3.38. The molecule has 0 aromatic heterocycles. The van der Waals surface area contributed by atoms with Gasteiger partial charge in [0.1, 0.15) is 0 Å². The van der Waals surface area contributed by atoms with Gasteiger partial charge in [0.15, 0.2) is 0 Å². The molecule has 25 heavy (non-hydrogen) atoms. The molecule has 0 aromatic carbocycles. The molecule has 0 aliphatic rings. The van der Waals surface area contributed by atoms with Crippen molar-refractivity contribution >= 4 is 10.1 Å². The molecule has 0 unspecified atom stereocenters. The Morgan fingerprint density at radius 3 is 1.96 bits per heavy atom. The Balaban J connectivity index is 4.17. The molecule has 3 atom stereocenters. The van der Waals surface area contributed by atoms with Crippen molar-refractivity contribution in [2.45, 2.75) is 104 Å². The van der Waals surface area contributed by atoms with E-state index in [-0.39, 0.29) is 6.10 Å². The third-order valence-electron chi connectivity index (χ3n) is 4.80. The molecule has 0 saturated carbocycles. The van der Waals surface area contributed by atoms with Gasteiger partial charge in [0.05, 0.1) is 12.4 Å². The topological polar surface area (TPSA) is 43.4 Å². The zero-order valence-electron chi connectivity index (χ0n) is 17.1. The highest BCUT2D eigenvalue weighted by Crippen LogP contribution is 2.24. The van der Waals surface area contributed by atoms with Gasteiger partial charge in [0.25, 0.3) is 10.1 Å². The predicted molar refractivity (Wildman–Crippen MR) is 109 cm³/mol. The lowest BCUT2D eigenvalue weighted by atomic mass is 9.90. The highest BCUT2D eigenvalue weighted by atomic mass is 32.2. The first-order valence-electron chi connectivity index (χ1n) is 10.3. The fourth-order valence-electron chi connectivity index (χ4n) is 3.42. The molecule has 0 radical (unpaired) electrons. The second kappa shape index (κ2) is 14.8.